The highest BCUT2D eigenvalue weighted by Gasteiger charge is 2.18. The van der Waals surface area contributed by atoms with Gasteiger partial charge in [0.05, 0.1) is 6.04 Å². The molecule has 0 fully saturated rings. The van der Waals surface area contributed by atoms with Crippen molar-refractivity contribution in [3.63, 3.8) is 0 Å². The molecular weight excluding hydrogens is 222 g/mol. The second-order valence-electron chi connectivity index (χ2n) is 4.86. The summed E-state index contributed by atoms with van der Waals surface area (Å²) >= 11 is 0. The van der Waals surface area contributed by atoms with Crippen molar-refractivity contribution in [3.8, 4) is 0 Å². The maximum atomic E-state index is 6.41. The average Bonchev–Trinajstić information content (AvgIpc) is 2.75. The standard InChI is InChI=1S/C15H21N3/c1-5-18-7-6-17-15(18)14(16)13-11(3)8-10(2)9-12(13)4/h6-9,14H,5,16H2,1-4H3. The Kier molecular flexibility index (Phi) is 3.53. The molecule has 2 aromatic rings. The molecule has 18 heavy (non-hydrogen) atoms. The molecule has 2 rings (SSSR count). The van der Waals surface area contributed by atoms with E-state index in [2.05, 4.69) is 49.4 Å². The molecule has 0 amide bonds. The molecule has 0 bridgehead atoms. The highest BCUT2D eigenvalue weighted by molar-refractivity contribution is 5.41. The fourth-order valence-corrected chi connectivity index (χ4v) is 2.68. The van der Waals surface area contributed by atoms with Crippen LogP contribution in [0.4, 0.5) is 0 Å². The summed E-state index contributed by atoms with van der Waals surface area (Å²) in [5, 5.41) is 0. The summed E-state index contributed by atoms with van der Waals surface area (Å²) in [5.74, 6) is 0.938. The van der Waals surface area contributed by atoms with Crippen molar-refractivity contribution >= 4 is 0 Å². The number of aromatic nitrogens is 2. The van der Waals surface area contributed by atoms with Gasteiger partial charge in [-0.2, -0.15) is 0 Å². The van der Waals surface area contributed by atoms with Gasteiger partial charge in [-0.1, -0.05) is 17.7 Å². The lowest BCUT2D eigenvalue weighted by atomic mass is 9.94. The van der Waals surface area contributed by atoms with Crippen LogP contribution in [0.1, 0.15) is 41.0 Å². The molecule has 0 saturated heterocycles. The summed E-state index contributed by atoms with van der Waals surface area (Å²) in [6, 6.07) is 4.21. The van der Waals surface area contributed by atoms with Crippen molar-refractivity contribution in [1.29, 1.82) is 0 Å². The van der Waals surface area contributed by atoms with E-state index in [1.165, 1.54) is 22.3 Å². The zero-order valence-electron chi connectivity index (χ0n) is 11.6. The number of hydrogen-bond acceptors (Lipinski definition) is 2. The first-order chi connectivity index (χ1) is 8.54. The number of rotatable bonds is 3. The van der Waals surface area contributed by atoms with Crippen molar-refractivity contribution in [2.24, 2.45) is 5.73 Å². The Balaban J connectivity index is 2.49. The zero-order valence-corrected chi connectivity index (χ0v) is 11.6. The molecule has 1 aromatic carbocycles. The zero-order chi connectivity index (χ0) is 13.3. The summed E-state index contributed by atoms with van der Waals surface area (Å²) in [4.78, 5) is 4.41. The fraction of sp³-hybridized carbons (Fsp3) is 0.400. The average molecular weight is 243 g/mol. The van der Waals surface area contributed by atoms with Crippen LogP contribution in [-0.4, -0.2) is 9.55 Å². The van der Waals surface area contributed by atoms with Crippen LogP contribution in [0, 0.1) is 20.8 Å². The van der Waals surface area contributed by atoms with Crippen LogP contribution in [0.15, 0.2) is 24.5 Å². The van der Waals surface area contributed by atoms with E-state index in [-0.39, 0.29) is 6.04 Å². The van der Waals surface area contributed by atoms with Crippen molar-refractivity contribution in [2.45, 2.75) is 40.3 Å². The molecule has 0 aliphatic carbocycles. The summed E-state index contributed by atoms with van der Waals surface area (Å²) < 4.78 is 2.10. The fourth-order valence-electron chi connectivity index (χ4n) is 2.68. The van der Waals surface area contributed by atoms with Crippen LogP contribution < -0.4 is 5.73 Å². The van der Waals surface area contributed by atoms with Gasteiger partial charge in [-0.05, 0) is 44.4 Å². The maximum absolute atomic E-state index is 6.41. The van der Waals surface area contributed by atoms with E-state index in [4.69, 9.17) is 5.73 Å². The number of hydrogen-bond donors (Lipinski definition) is 1. The summed E-state index contributed by atoms with van der Waals surface area (Å²) in [6.07, 6.45) is 3.80. The quantitative estimate of drug-likeness (QED) is 0.900. The van der Waals surface area contributed by atoms with Gasteiger partial charge < -0.3 is 10.3 Å². The SMILES string of the molecule is CCn1ccnc1C(N)c1c(C)cc(C)cc1C. The van der Waals surface area contributed by atoms with Gasteiger partial charge in [0.25, 0.3) is 0 Å². The molecule has 1 unspecified atom stereocenters. The van der Waals surface area contributed by atoms with Crippen LogP contribution in [-0.2, 0) is 6.54 Å². The predicted molar refractivity (Wildman–Crippen MR) is 74.6 cm³/mol. The molecule has 0 radical (unpaired) electrons. The highest BCUT2D eigenvalue weighted by atomic mass is 15.1. The van der Waals surface area contributed by atoms with Crippen LogP contribution in [0.3, 0.4) is 0 Å². The van der Waals surface area contributed by atoms with E-state index in [9.17, 15) is 0 Å². The van der Waals surface area contributed by atoms with Crippen molar-refractivity contribution in [1.82, 2.24) is 9.55 Å². The molecule has 3 nitrogen and oxygen atoms in total. The lowest BCUT2D eigenvalue weighted by molar-refractivity contribution is 0.653. The van der Waals surface area contributed by atoms with Gasteiger partial charge in [-0.15, -0.1) is 0 Å². The highest BCUT2D eigenvalue weighted by Crippen LogP contribution is 2.26. The Labute approximate surface area is 109 Å². The van der Waals surface area contributed by atoms with E-state index < -0.39 is 0 Å². The second kappa shape index (κ2) is 4.94. The third-order valence-corrected chi connectivity index (χ3v) is 3.42. The Morgan fingerprint density at radius 1 is 1.22 bits per heavy atom. The molecule has 1 heterocycles. The van der Waals surface area contributed by atoms with Gasteiger partial charge in [0, 0.05) is 18.9 Å². The molecule has 1 aromatic heterocycles. The third kappa shape index (κ3) is 2.18. The largest absolute Gasteiger partial charge is 0.334 e. The topological polar surface area (TPSA) is 43.8 Å². The summed E-state index contributed by atoms with van der Waals surface area (Å²) in [5.41, 5.74) is 11.4. The van der Waals surface area contributed by atoms with E-state index in [0.29, 0.717) is 0 Å². The molecule has 0 saturated carbocycles. The summed E-state index contributed by atoms with van der Waals surface area (Å²) in [7, 11) is 0. The molecule has 96 valence electrons. The predicted octanol–water partition coefficient (Wildman–Crippen LogP) is 2.88. The van der Waals surface area contributed by atoms with E-state index in [1.807, 2.05) is 12.4 Å². The molecule has 0 aliphatic heterocycles. The number of nitrogens with two attached hydrogens (primary N) is 1. The summed E-state index contributed by atoms with van der Waals surface area (Å²) in [6.45, 7) is 9.35. The van der Waals surface area contributed by atoms with Crippen molar-refractivity contribution in [2.75, 3.05) is 0 Å². The Morgan fingerprint density at radius 2 is 1.83 bits per heavy atom. The monoisotopic (exact) mass is 243 g/mol. The number of aryl methyl sites for hydroxylation is 4. The second-order valence-corrected chi connectivity index (χ2v) is 4.86. The molecule has 2 N–H and O–H groups in total. The Bertz CT molecular complexity index is 532. The van der Waals surface area contributed by atoms with Gasteiger partial charge in [0.15, 0.2) is 0 Å². The van der Waals surface area contributed by atoms with Crippen LogP contribution in [0.5, 0.6) is 0 Å². The van der Waals surface area contributed by atoms with Gasteiger partial charge >= 0.3 is 0 Å². The molecule has 1 atom stereocenters. The molecule has 0 aliphatic rings. The van der Waals surface area contributed by atoms with Crippen LogP contribution in [0.25, 0.3) is 0 Å². The first-order valence-electron chi connectivity index (χ1n) is 6.39. The van der Waals surface area contributed by atoms with Gasteiger partial charge in [0.2, 0.25) is 0 Å². The maximum Gasteiger partial charge on any atom is 0.130 e. The number of benzene rings is 1. The van der Waals surface area contributed by atoms with E-state index in [1.54, 1.807) is 0 Å². The molecule has 0 spiro atoms. The van der Waals surface area contributed by atoms with Crippen molar-refractivity contribution in [3.05, 3.63) is 52.6 Å². The number of nitrogens with zero attached hydrogens (tertiary/aromatic N) is 2. The number of imidazole rings is 1. The van der Waals surface area contributed by atoms with Gasteiger partial charge in [0.1, 0.15) is 5.82 Å². The van der Waals surface area contributed by atoms with Gasteiger partial charge in [-0.25, -0.2) is 4.98 Å². The first-order valence-corrected chi connectivity index (χ1v) is 6.39. The minimum absolute atomic E-state index is 0.152. The first kappa shape index (κ1) is 12.8. The molecule has 3 heteroatoms. The lowest BCUT2D eigenvalue weighted by Crippen LogP contribution is -2.19. The van der Waals surface area contributed by atoms with Gasteiger partial charge in [-0.3, -0.25) is 0 Å². The smallest absolute Gasteiger partial charge is 0.130 e. The van der Waals surface area contributed by atoms with E-state index >= 15 is 0 Å². The molecular formula is C15H21N3. The Morgan fingerprint density at radius 3 is 2.39 bits per heavy atom. The minimum Gasteiger partial charge on any atom is -0.334 e. The van der Waals surface area contributed by atoms with E-state index in [0.717, 1.165) is 12.4 Å². The Hall–Kier alpha value is -1.61. The van der Waals surface area contributed by atoms with Crippen LogP contribution in [0.2, 0.25) is 0 Å². The van der Waals surface area contributed by atoms with Crippen LogP contribution >= 0.6 is 0 Å². The lowest BCUT2D eigenvalue weighted by Gasteiger charge is -2.19. The normalized spacial score (nSPS) is 12.7. The third-order valence-electron chi connectivity index (χ3n) is 3.42. The minimum atomic E-state index is -0.152. The van der Waals surface area contributed by atoms with Crippen molar-refractivity contribution < 1.29 is 0 Å².